The molecule has 1 aliphatic heterocycles. The van der Waals surface area contributed by atoms with E-state index in [4.69, 9.17) is 5.73 Å². The molecule has 1 fully saturated rings. The monoisotopic (exact) mass is 223 g/mol. The molecular formula is C11H17N3O2. The fourth-order valence-corrected chi connectivity index (χ4v) is 2.15. The molecule has 0 atom stereocenters. The lowest BCUT2D eigenvalue weighted by atomic mass is 9.93. The molecule has 1 aromatic rings. The molecule has 0 aromatic carbocycles. The smallest absolute Gasteiger partial charge is 0.276 e. The van der Waals surface area contributed by atoms with Gasteiger partial charge in [-0.05, 0) is 31.7 Å². The quantitative estimate of drug-likeness (QED) is 0.825. The summed E-state index contributed by atoms with van der Waals surface area (Å²) < 4.78 is 4.67. The first-order valence-corrected chi connectivity index (χ1v) is 5.71. The molecule has 0 spiro atoms. The van der Waals surface area contributed by atoms with Crippen molar-refractivity contribution in [3.63, 3.8) is 0 Å². The topological polar surface area (TPSA) is 72.4 Å². The van der Waals surface area contributed by atoms with E-state index < -0.39 is 0 Å². The summed E-state index contributed by atoms with van der Waals surface area (Å²) in [6.07, 6.45) is 4.57. The van der Waals surface area contributed by atoms with Gasteiger partial charge >= 0.3 is 0 Å². The number of piperidine rings is 1. The standard InChI is InChI=1S/C11H17N3O2/c12-5-1-9-2-6-14(7-3-9)11(15)10-4-8-16-13-10/h4,8-9H,1-3,5-7,12H2. The molecular weight excluding hydrogens is 206 g/mol. The Morgan fingerprint density at radius 1 is 1.56 bits per heavy atom. The van der Waals surface area contributed by atoms with Gasteiger partial charge in [0, 0.05) is 19.2 Å². The van der Waals surface area contributed by atoms with Gasteiger partial charge in [-0.15, -0.1) is 0 Å². The number of amides is 1. The van der Waals surface area contributed by atoms with Gasteiger partial charge in [0.1, 0.15) is 6.26 Å². The predicted octanol–water partition coefficient (Wildman–Crippen LogP) is 0.876. The van der Waals surface area contributed by atoms with Crippen molar-refractivity contribution >= 4 is 5.91 Å². The van der Waals surface area contributed by atoms with Gasteiger partial charge < -0.3 is 15.2 Å². The number of likely N-dealkylation sites (tertiary alicyclic amines) is 1. The first kappa shape index (κ1) is 11.1. The van der Waals surface area contributed by atoms with Crippen LogP contribution in [0.1, 0.15) is 29.8 Å². The number of hydrogen-bond donors (Lipinski definition) is 1. The van der Waals surface area contributed by atoms with Crippen LogP contribution in [0.25, 0.3) is 0 Å². The zero-order valence-electron chi connectivity index (χ0n) is 9.26. The summed E-state index contributed by atoms with van der Waals surface area (Å²) in [7, 11) is 0. The summed E-state index contributed by atoms with van der Waals surface area (Å²) in [6.45, 7) is 2.34. The predicted molar refractivity (Wildman–Crippen MR) is 58.8 cm³/mol. The Morgan fingerprint density at radius 3 is 2.88 bits per heavy atom. The Labute approximate surface area is 94.6 Å². The lowest BCUT2D eigenvalue weighted by Gasteiger charge is -2.31. The number of nitrogens with two attached hydrogens (primary N) is 1. The number of rotatable bonds is 3. The van der Waals surface area contributed by atoms with E-state index in [-0.39, 0.29) is 5.91 Å². The molecule has 0 radical (unpaired) electrons. The molecule has 2 N–H and O–H groups in total. The van der Waals surface area contributed by atoms with Gasteiger partial charge in [0.15, 0.2) is 5.69 Å². The second-order valence-corrected chi connectivity index (χ2v) is 4.20. The summed E-state index contributed by atoms with van der Waals surface area (Å²) in [5.74, 6) is 0.645. The number of nitrogens with zero attached hydrogens (tertiary/aromatic N) is 2. The lowest BCUT2D eigenvalue weighted by Crippen LogP contribution is -2.39. The van der Waals surface area contributed by atoms with Crippen molar-refractivity contribution in [2.45, 2.75) is 19.3 Å². The van der Waals surface area contributed by atoms with Crippen molar-refractivity contribution in [1.82, 2.24) is 10.1 Å². The van der Waals surface area contributed by atoms with Crippen LogP contribution in [0, 0.1) is 5.92 Å². The normalized spacial score (nSPS) is 17.7. The molecule has 1 amide bonds. The molecule has 5 heteroatoms. The summed E-state index contributed by atoms with van der Waals surface area (Å²) in [5.41, 5.74) is 5.93. The van der Waals surface area contributed by atoms with Crippen LogP contribution in [0.15, 0.2) is 16.9 Å². The molecule has 5 nitrogen and oxygen atoms in total. The third kappa shape index (κ3) is 2.41. The Hall–Kier alpha value is -1.36. The first-order chi connectivity index (χ1) is 7.81. The van der Waals surface area contributed by atoms with Gasteiger partial charge in [-0.3, -0.25) is 4.79 Å². The minimum atomic E-state index is -0.0278. The third-order valence-corrected chi connectivity index (χ3v) is 3.13. The van der Waals surface area contributed by atoms with Crippen LogP contribution in [-0.2, 0) is 0 Å². The molecule has 2 heterocycles. The Morgan fingerprint density at radius 2 is 2.31 bits per heavy atom. The van der Waals surface area contributed by atoms with E-state index in [9.17, 15) is 4.79 Å². The van der Waals surface area contributed by atoms with Crippen molar-refractivity contribution in [1.29, 1.82) is 0 Å². The van der Waals surface area contributed by atoms with Gasteiger partial charge in [-0.1, -0.05) is 5.16 Å². The summed E-state index contributed by atoms with van der Waals surface area (Å²) in [5, 5.41) is 3.66. The highest BCUT2D eigenvalue weighted by atomic mass is 16.5. The Kier molecular flexibility index (Phi) is 3.56. The molecule has 88 valence electrons. The number of carbonyl (C=O) groups excluding carboxylic acids is 1. The van der Waals surface area contributed by atoms with Crippen molar-refractivity contribution in [2.24, 2.45) is 11.7 Å². The van der Waals surface area contributed by atoms with Crippen LogP contribution < -0.4 is 5.73 Å². The van der Waals surface area contributed by atoms with Crippen molar-refractivity contribution < 1.29 is 9.32 Å². The summed E-state index contributed by atoms with van der Waals surface area (Å²) in [4.78, 5) is 13.7. The van der Waals surface area contributed by atoms with Crippen molar-refractivity contribution in [2.75, 3.05) is 19.6 Å². The number of aromatic nitrogens is 1. The number of hydrogen-bond acceptors (Lipinski definition) is 4. The second-order valence-electron chi connectivity index (χ2n) is 4.20. The van der Waals surface area contributed by atoms with Crippen LogP contribution in [0.2, 0.25) is 0 Å². The van der Waals surface area contributed by atoms with E-state index in [2.05, 4.69) is 9.68 Å². The fourth-order valence-electron chi connectivity index (χ4n) is 2.15. The first-order valence-electron chi connectivity index (χ1n) is 5.71. The minimum Gasteiger partial charge on any atom is -0.364 e. The Bertz CT molecular complexity index is 329. The molecule has 1 aromatic heterocycles. The largest absolute Gasteiger partial charge is 0.364 e. The van der Waals surface area contributed by atoms with Gasteiger partial charge in [-0.2, -0.15) is 0 Å². The average Bonchev–Trinajstić information content (AvgIpc) is 2.83. The van der Waals surface area contributed by atoms with E-state index in [1.54, 1.807) is 6.07 Å². The molecule has 0 unspecified atom stereocenters. The zero-order valence-corrected chi connectivity index (χ0v) is 9.26. The second kappa shape index (κ2) is 5.12. The minimum absolute atomic E-state index is 0.0278. The van der Waals surface area contributed by atoms with Gasteiger partial charge in [0.25, 0.3) is 5.91 Å². The van der Waals surface area contributed by atoms with E-state index in [0.717, 1.165) is 38.9 Å². The van der Waals surface area contributed by atoms with Gasteiger partial charge in [0.05, 0.1) is 0 Å². The molecule has 2 rings (SSSR count). The SMILES string of the molecule is NCCC1CCN(C(=O)c2ccon2)CC1. The van der Waals surface area contributed by atoms with Crippen LogP contribution in [0.5, 0.6) is 0 Å². The van der Waals surface area contributed by atoms with Crippen LogP contribution >= 0.6 is 0 Å². The molecule has 0 aliphatic carbocycles. The maximum absolute atomic E-state index is 11.9. The van der Waals surface area contributed by atoms with Crippen LogP contribution in [-0.4, -0.2) is 35.6 Å². The van der Waals surface area contributed by atoms with Crippen molar-refractivity contribution in [3.8, 4) is 0 Å². The molecule has 0 saturated carbocycles. The highest BCUT2D eigenvalue weighted by molar-refractivity contribution is 5.92. The van der Waals surface area contributed by atoms with E-state index in [1.165, 1.54) is 6.26 Å². The summed E-state index contributed by atoms with van der Waals surface area (Å²) in [6, 6.07) is 1.61. The van der Waals surface area contributed by atoms with Crippen LogP contribution in [0.3, 0.4) is 0 Å². The number of carbonyl (C=O) groups is 1. The van der Waals surface area contributed by atoms with E-state index in [1.807, 2.05) is 4.90 Å². The maximum Gasteiger partial charge on any atom is 0.276 e. The Balaban J connectivity index is 1.87. The average molecular weight is 223 g/mol. The molecule has 16 heavy (non-hydrogen) atoms. The fraction of sp³-hybridized carbons (Fsp3) is 0.636. The summed E-state index contributed by atoms with van der Waals surface area (Å²) >= 11 is 0. The van der Waals surface area contributed by atoms with E-state index in [0.29, 0.717) is 11.6 Å². The third-order valence-electron chi connectivity index (χ3n) is 3.13. The van der Waals surface area contributed by atoms with Gasteiger partial charge in [0.2, 0.25) is 0 Å². The lowest BCUT2D eigenvalue weighted by molar-refractivity contribution is 0.0677. The highest BCUT2D eigenvalue weighted by Gasteiger charge is 2.24. The molecule has 0 bridgehead atoms. The van der Waals surface area contributed by atoms with Crippen molar-refractivity contribution in [3.05, 3.63) is 18.0 Å². The van der Waals surface area contributed by atoms with Crippen LogP contribution in [0.4, 0.5) is 0 Å². The highest BCUT2D eigenvalue weighted by Crippen LogP contribution is 2.20. The molecule has 1 saturated heterocycles. The maximum atomic E-state index is 11.9. The van der Waals surface area contributed by atoms with E-state index >= 15 is 0 Å². The zero-order chi connectivity index (χ0) is 11.4. The molecule has 1 aliphatic rings. The van der Waals surface area contributed by atoms with Gasteiger partial charge in [-0.25, -0.2) is 0 Å².